The van der Waals surface area contributed by atoms with Gasteiger partial charge in [-0.05, 0) is 44.7 Å². The average molecular weight is 249 g/mol. The Morgan fingerprint density at radius 3 is 2.88 bits per heavy atom. The highest BCUT2D eigenvalue weighted by Crippen LogP contribution is 2.36. The minimum Gasteiger partial charge on any atom is -0.333 e. The standard InChI is InChI=1S/C12H15N3OS/c1-12(2,13)11-14-10(16-15-11)9-6-7-4-3-5-8(7)17-9/h6H,3-5,13H2,1-2H3. The van der Waals surface area contributed by atoms with E-state index in [9.17, 15) is 0 Å². The highest BCUT2D eigenvalue weighted by Gasteiger charge is 2.24. The maximum atomic E-state index is 5.94. The molecule has 0 radical (unpaired) electrons. The minimum absolute atomic E-state index is 0.554. The Labute approximate surface area is 104 Å². The zero-order chi connectivity index (χ0) is 12.0. The first-order valence-electron chi connectivity index (χ1n) is 5.79. The molecular weight excluding hydrogens is 234 g/mol. The largest absolute Gasteiger partial charge is 0.333 e. The third-order valence-corrected chi connectivity index (χ3v) is 4.18. The number of hydrogen-bond acceptors (Lipinski definition) is 5. The quantitative estimate of drug-likeness (QED) is 0.888. The predicted molar refractivity (Wildman–Crippen MR) is 66.8 cm³/mol. The van der Waals surface area contributed by atoms with Crippen molar-refractivity contribution in [1.82, 2.24) is 10.1 Å². The Bertz CT molecular complexity index is 529. The smallest absolute Gasteiger partial charge is 0.268 e. The number of fused-ring (bicyclic) bond motifs is 1. The van der Waals surface area contributed by atoms with E-state index in [2.05, 4.69) is 16.2 Å². The Kier molecular flexibility index (Phi) is 2.34. The number of thiophene rings is 1. The fraction of sp³-hybridized carbons (Fsp3) is 0.500. The number of nitrogens with two attached hydrogens (primary N) is 1. The number of aryl methyl sites for hydroxylation is 2. The molecule has 0 fully saturated rings. The molecule has 0 saturated carbocycles. The molecule has 0 bridgehead atoms. The molecule has 1 aliphatic rings. The van der Waals surface area contributed by atoms with Gasteiger partial charge in [0.25, 0.3) is 5.89 Å². The number of hydrogen-bond donors (Lipinski definition) is 1. The maximum Gasteiger partial charge on any atom is 0.268 e. The van der Waals surface area contributed by atoms with Crippen molar-refractivity contribution in [3.8, 4) is 10.8 Å². The second-order valence-electron chi connectivity index (χ2n) is 5.06. The van der Waals surface area contributed by atoms with Crippen molar-refractivity contribution in [3.63, 3.8) is 0 Å². The minimum atomic E-state index is -0.554. The van der Waals surface area contributed by atoms with Crippen LogP contribution in [0, 0.1) is 0 Å². The first-order valence-corrected chi connectivity index (χ1v) is 6.61. The molecule has 0 saturated heterocycles. The lowest BCUT2D eigenvalue weighted by atomic mass is 10.1. The molecule has 0 unspecified atom stereocenters. The van der Waals surface area contributed by atoms with Crippen LogP contribution in [0.4, 0.5) is 0 Å². The first kappa shape index (κ1) is 10.9. The summed E-state index contributed by atoms with van der Waals surface area (Å²) in [6, 6.07) is 2.17. The van der Waals surface area contributed by atoms with Gasteiger partial charge < -0.3 is 10.3 Å². The van der Waals surface area contributed by atoms with E-state index in [-0.39, 0.29) is 0 Å². The topological polar surface area (TPSA) is 64.9 Å². The van der Waals surface area contributed by atoms with Crippen molar-refractivity contribution in [2.75, 3.05) is 0 Å². The van der Waals surface area contributed by atoms with Crippen molar-refractivity contribution in [1.29, 1.82) is 0 Å². The molecule has 2 heterocycles. The summed E-state index contributed by atoms with van der Waals surface area (Å²) >= 11 is 1.76. The summed E-state index contributed by atoms with van der Waals surface area (Å²) in [7, 11) is 0. The van der Waals surface area contributed by atoms with E-state index in [1.807, 2.05) is 13.8 Å². The van der Waals surface area contributed by atoms with Crippen LogP contribution in [-0.2, 0) is 18.4 Å². The summed E-state index contributed by atoms with van der Waals surface area (Å²) < 4.78 is 5.28. The molecule has 0 aliphatic heterocycles. The molecule has 2 aromatic heterocycles. The zero-order valence-corrected chi connectivity index (χ0v) is 10.8. The maximum absolute atomic E-state index is 5.94. The molecule has 3 rings (SSSR count). The molecule has 17 heavy (non-hydrogen) atoms. The highest BCUT2D eigenvalue weighted by molar-refractivity contribution is 7.15. The molecule has 4 nitrogen and oxygen atoms in total. The van der Waals surface area contributed by atoms with Gasteiger partial charge in [-0.25, -0.2) is 0 Å². The number of nitrogens with zero attached hydrogens (tertiary/aromatic N) is 2. The van der Waals surface area contributed by atoms with Crippen LogP contribution in [0.2, 0.25) is 0 Å². The fourth-order valence-corrected chi connectivity index (χ4v) is 3.20. The van der Waals surface area contributed by atoms with Crippen molar-refractivity contribution in [2.24, 2.45) is 5.73 Å². The molecule has 0 spiro atoms. The second kappa shape index (κ2) is 3.65. The lowest BCUT2D eigenvalue weighted by Gasteiger charge is -2.11. The fourth-order valence-electron chi connectivity index (χ4n) is 2.02. The van der Waals surface area contributed by atoms with Gasteiger partial charge in [0, 0.05) is 4.88 Å². The second-order valence-corrected chi connectivity index (χ2v) is 6.19. The zero-order valence-electron chi connectivity index (χ0n) is 9.99. The molecule has 0 amide bonds. The van der Waals surface area contributed by atoms with E-state index < -0.39 is 5.54 Å². The third-order valence-electron chi connectivity index (χ3n) is 2.96. The molecule has 90 valence electrons. The van der Waals surface area contributed by atoms with Crippen molar-refractivity contribution < 1.29 is 4.52 Å². The highest BCUT2D eigenvalue weighted by atomic mass is 32.1. The van der Waals surface area contributed by atoms with Crippen LogP contribution < -0.4 is 5.73 Å². The van der Waals surface area contributed by atoms with Crippen molar-refractivity contribution in [3.05, 3.63) is 22.3 Å². The Balaban J connectivity index is 1.96. The van der Waals surface area contributed by atoms with Crippen LogP contribution in [0.5, 0.6) is 0 Å². The van der Waals surface area contributed by atoms with Gasteiger partial charge in [0.15, 0.2) is 5.82 Å². The van der Waals surface area contributed by atoms with E-state index in [1.54, 1.807) is 11.3 Å². The van der Waals surface area contributed by atoms with Gasteiger partial charge >= 0.3 is 0 Å². The summed E-state index contributed by atoms with van der Waals surface area (Å²) in [6.45, 7) is 3.74. The van der Waals surface area contributed by atoms with Gasteiger partial charge in [0.1, 0.15) is 0 Å². The summed E-state index contributed by atoms with van der Waals surface area (Å²) in [4.78, 5) is 6.90. The summed E-state index contributed by atoms with van der Waals surface area (Å²) in [6.07, 6.45) is 3.63. The molecular formula is C12H15N3OS. The molecule has 5 heteroatoms. The Morgan fingerprint density at radius 2 is 2.24 bits per heavy atom. The van der Waals surface area contributed by atoms with Gasteiger partial charge in [0.05, 0.1) is 10.4 Å². The first-order chi connectivity index (χ1) is 8.04. The molecule has 1 aliphatic carbocycles. The van der Waals surface area contributed by atoms with Crippen LogP contribution in [0.3, 0.4) is 0 Å². The van der Waals surface area contributed by atoms with Crippen molar-refractivity contribution >= 4 is 11.3 Å². The van der Waals surface area contributed by atoms with Gasteiger partial charge in [-0.15, -0.1) is 11.3 Å². The van der Waals surface area contributed by atoms with Crippen molar-refractivity contribution in [2.45, 2.75) is 38.6 Å². The normalized spacial score (nSPS) is 15.2. The Hall–Kier alpha value is -1.20. The Morgan fingerprint density at radius 1 is 1.41 bits per heavy atom. The molecule has 0 aromatic carbocycles. The summed E-state index contributed by atoms with van der Waals surface area (Å²) in [5.74, 6) is 1.15. The SMILES string of the molecule is CC(C)(N)c1noc(-c2cc3c(s2)CCC3)n1. The average Bonchev–Trinajstić information content (AvgIpc) is 2.90. The van der Waals surface area contributed by atoms with Crippen LogP contribution in [0.25, 0.3) is 10.8 Å². The van der Waals surface area contributed by atoms with Gasteiger partial charge in [-0.3, -0.25) is 0 Å². The van der Waals surface area contributed by atoms with E-state index in [4.69, 9.17) is 10.3 Å². The lowest BCUT2D eigenvalue weighted by molar-refractivity contribution is 0.397. The van der Waals surface area contributed by atoms with Gasteiger partial charge in [-0.1, -0.05) is 5.16 Å². The molecule has 0 atom stereocenters. The summed E-state index contributed by atoms with van der Waals surface area (Å²) in [5, 5.41) is 3.94. The van der Waals surface area contributed by atoms with Crippen LogP contribution in [-0.4, -0.2) is 10.1 Å². The van der Waals surface area contributed by atoms with Gasteiger partial charge in [0.2, 0.25) is 0 Å². The number of rotatable bonds is 2. The molecule has 2 N–H and O–H groups in total. The van der Waals surface area contributed by atoms with Crippen LogP contribution in [0.1, 0.15) is 36.5 Å². The van der Waals surface area contributed by atoms with E-state index in [1.165, 1.54) is 29.7 Å². The van der Waals surface area contributed by atoms with Crippen LogP contribution in [0.15, 0.2) is 10.6 Å². The van der Waals surface area contributed by atoms with E-state index in [0.29, 0.717) is 11.7 Å². The third kappa shape index (κ3) is 1.89. The van der Waals surface area contributed by atoms with Crippen LogP contribution >= 0.6 is 11.3 Å². The monoisotopic (exact) mass is 249 g/mol. The molecule has 2 aromatic rings. The predicted octanol–water partition coefficient (Wildman–Crippen LogP) is 2.48. The van der Waals surface area contributed by atoms with E-state index >= 15 is 0 Å². The van der Waals surface area contributed by atoms with Gasteiger partial charge in [-0.2, -0.15) is 4.98 Å². The lowest BCUT2D eigenvalue weighted by Crippen LogP contribution is -2.30. The number of aromatic nitrogens is 2. The van der Waals surface area contributed by atoms with E-state index in [0.717, 1.165) is 4.88 Å². The summed E-state index contributed by atoms with van der Waals surface area (Å²) in [5.41, 5.74) is 6.83.